The van der Waals surface area contributed by atoms with E-state index in [1.165, 1.54) is 39.8 Å². The Morgan fingerprint density at radius 2 is 1.24 bits per heavy atom. The lowest BCUT2D eigenvalue weighted by molar-refractivity contribution is -0.143. The van der Waals surface area contributed by atoms with E-state index in [2.05, 4.69) is 68.7 Å². The number of carboxylic acid groups (broad SMARTS) is 1. The van der Waals surface area contributed by atoms with Crippen LogP contribution in [0.1, 0.15) is 33.7 Å². The number of aliphatic carboxylic acids is 1. The van der Waals surface area contributed by atoms with Crippen LogP contribution in [0.15, 0.2) is 36.9 Å². The van der Waals surface area contributed by atoms with Crippen LogP contribution in [0.5, 0.6) is 11.5 Å². The number of amides is 1. The topological polar surface area (TPSA) is 206 Å². The molecule has 1 amide bonds. The van der Waals surface area contributed by atoms with E-state index in [1.54, 1.807) is 43.2 Å². The zero-order chi connectivity index (χ0) is 42.6. The van der Waals surface area contributed by atoms with E-state index in [0.717, 1.165) is 101 Å². The fourth-order valence-electron chi connectivity index (χ4n) is 8.46. The smallest absolute Gasteiger partial charge is 0.306 e. The van der Waals surface area contributed by atoms with Crippen LogP contribution in [0.25, 0.3) is 40.9 Å². The fourth-order valence-corrected chi connectivity index (χ4v) is 12.2. The van der Waals surface area contributed by atoms with E-state index in [0.29, 0.717) is 48.5 Å². The van der Waals surface area contributed by atoms with Crippen molar-refractivity contribution in [1.82, 2.24) is 48.9 Å². The van der Waals surface area contributed by atoms with Gasteiger partial charge in [-0.2, -0.15) is 0 Å². The first-order valence-electron chi connectivity index (χ1n) is 20.0. The molecule has 1 aliphatic heterocycles. The molecule has 11 rings (SSSR count). The van der Waals surface area contributed by atoms with Crippen molar-refractivity contribution < 1.29 is 24.2 Å². The minimum absolute atomic E-state index is 0.0503. The highest BCUT2D eigenvalue weighted by molar-refractivity contribution is 7.19. The first kappa shape index (κ1) is 40.3. The number of nitrogens with one attached hydrogen (secondary N) is 2. The van der Waals surface area contributed by atoms with E-state index in [-0.39, 0.29) is 11.8 Å². The predicted octanol–water partition coefficient (Wildman–Crippen LogP) is 6.96. The first-order chi connectivity index (χ1) is 30.1. The van der Waals surface area contributed by atoms with Gasteiger partial charge in [0.15, 0.2) is 0 Å². The Morgan fingerprint density at radius 1 is 0.742 bits per heavy atom. The van der Waals surface area contributed by atoms with E-state index >= 15 is 0 Å². The molecule has 17 nitrogen and oxygen atoms in total. The molecule has 0 bridgehead atoms. The largest absolute Gasteiger partial charge is 0.494 e. The number of carboxylic acids is 1. The zero-order valence-corrected chi connectivity index (χ0v) is 37.3. The Hall–Kier alpha value is -5.74. The van der Waals surface area contributed by atoms with Gasteiger partial charge in [0.05, 0.1) is 51.7 Å². The van der Waals surface area contributed by atoms with E-state index in [4.69, 9.17) is 9.47 Å². The van der Waals surface area contributed by atoms with Crippen LogP contribution >= 0.6 is 45.7 Å². The van der Waals surface area contributed by atoms with Gasteiger partial charge in [-0.1, -0.05) is 8.98 Å². The number of likely N-dealkylation sites (N-methyl/N-ethyl adjacent to an activating group) is 1. The molecule has 6 aromatic heterocycles. The van der Waals surface area contributed by atoms with Gasteiger partial charge in [-0.3, -0.25) is 9.59 Å². The zero-order valence-electron chi connectivity index (χ0n) is 34.0. The molecule has 8 aromatic rings. The number of anilines is 4. The molecule has 0 saturated carbocycles. The molecule has 62 heavy (non-hydrogen) atoms. The number of likely N-dealkylation sites (tertiary alicyclic amines) is 1. The van der Waals surface area contributed by atoms with Gasteiger partial charge in [0.1, 0.15) is 56.5 Å². The maximum absolute atomic E-state index is 13.1. The highest BCUT2D eigenvalue weighted by atomic mass is 32.1. The Bertz CT molecular complexity index is 3010. The molecule has 1 saturated heterocycles. The van der Waals surface area contributed by atoms with Crippen molar-refractivity contribution in [3.05, 3.63) is 57.8 Å². The normalized spacial score (nSPS) is 17.4. The van der Waals surface area contributed by atoms with Crippen molar-refractivity contribution in [3.63, 3.8) is 0 Å². The van der Waals surface area contributed by atoms with Crippen LogP contribution in [0.2, 0.25) is 0 Å². The molecule has 0 spiro atoms. The molecule has 7 heterocycles. The lowest BCUT2D eigenvalue weighted by Gasteiger charge is -2.44. The minimum atomic E-state index is -0.733. The number of aryl methyl sites for hydroxylation is 2. The van der Waals surface area contributed by atoms with Gasteiger partial charge in [0.2, 0.25) is 5.91 Å². The highest BCUT2D eigenvalue weighted by Crippen LogP contribution is 2.44. The lowest BCUT2D eigenvalue weighted by Crippen LogP contribution is -2.60. The predicted molar refractivity (Wildman–Crippen MR) is 242 cm³/mol. The number of methoxy groups -OCH3 is 2. The maximum Gasteiger partial charge on any atom is 0.306 e. The number of hydrogen-bond acceptors (Lipinski definition) is 19. The molecule has 21 heteroatoms. The summed E-state index contributed by atoms with van der Waals surface area (Å²) < 4.78 is 21.0. The number of nitrogens with zero attached hydrogens (tertiary/aromatic N) is 10. The third-order valence-electron chi connectivity index (χ3n) is 11.9. The molecule has 3 N–H and O–H groups in total. The monoisotopic (exact) mass is 908 g/mol. The SMILES string of the molecule is COc1cc2nnsc2cc1Nc1ncnc2sc3c(c12)CC[C@H](C(=O)N1CC(N(C)C)C1)C3.COc1cc2nnsc2cc1Nc1ncnc2sc3c(c12)CC[C@H](C(=O)O)C3. The van der Waals surface area contributed by atoms with Crippen molar-refractivity contribution in [2.75, 3.05) is 52.0 Å². The Labute approximate surface area is 370 Å². The third-order valence-corrected chi connectivity index (χ3v) is 15.6. The second-order valence-corrected chi connectivity index (χ2v) is 19.5. The summed E-state index contributed by atoms with van der Waals surface area (Å²) in [5.41, 5.74) is 5.61. The molecular weight excluding hydrogens is 869 g/mol. The van der Waals surface area contributed by atoms with Gasteiger partial charge >= 0.3 is 5.97 Å². The molecule has 0 unspecified atom stereocenters. The summed E-state index contributed by atoms with van der Waals surface area (Å²) in [5, 5.41) is 26.5. The number of fused-ring (bicyclic) bond motifs is 8. The summed E-state index contributed by atoms with van der Waals surface area (Å²) in [5.74, 6) is 2.09. The molecule has 2 aliphatic carbocycles. The Morgan fingerprint density at radius 3 is 1.73 bits per heavy atom. The van der Waals surface area contributed by atoms with Gasteiger partial charge in [0, 0.05) is 46.9 Å². The fraction of sp³-hybridized carbons (Fsp3) is 0.366. The number of aromatic nitrogens is 8. The molecule has 318 valence electrons. The van der Waals surface area contributed by atoms with Crippen molar-refractivity contribution in [2.24, 2.45) is 11.8 Å². The van der Waals surface area contributed by atoms with Crippen LogP contribution in [0, 0.1) is 11.8 Å². The quantitative estimate of drug-likeness (QED) is 0.134. The number of benzene rings is 2. The van der Waals surface area contributed by atoms with Crippen molar-refractivity contribution in [3.8, 4) is 11.5 Å². The van der Waals surface area contributed by atoms with E-state index < -0.39 is 5.97 Å². The third kappa shape index (κ3) is 7.40. The molecule has 2 aromatic carbocycles. The van der Waals surface area contributed by atoms with Gasteiger partial charge in [-0.05, 0) is 98.9 Å². The summed E-state index contributed by atoms with van der Waals surface area (Å²) in [4.78, 5) is 50.8. The summed E-state index contributed by atoms with van der Waals surface area (Å²) in [6.45, 7) is 1.67. The summed E-state index contributed by atoms with van der Waals surface area (Å²) in [7, 11) is 7.40. The standard InChI is InChI=1S/C23H25N7O2S2.C18H15N5O3S2/c1-29(2)13-9-30(10-13)23(31)12-4-5-14-18(6-12)33-22-20(14)21(24-11-25-22)26-15-8-19-16(27-28-34-19)7-17(15)32-3;1-26-12-5-11-14(28-23-22-11)6-10(12)21-16-15-9-3-2-8(18(24)25)4-13(9)27-17(15)20-7-19-16/h7-8,11-13H,4-6,9-10H2,1-3H3,(H,24,25,26);5-8H,2-4H2,1H3,(H,24,25)(H,19,20,21)/t12-;8-/m00/s1. The van der Waals surface area contributed by atoms with Gasteiger partial charge in [0.25, 0.3) is 0 Å². The molecule has 0 radical (unpaired) electrons. The van der Waals surface area contributed by atoms with Crippen molar-refractivity contribution in [1.29, 1.82) is 0 Å². The number of hydrogen-bond donors (Lipinski definition) is 3. The van der Waals surface area contributed by atoms with Gasteiger partial charge in [-0.15, -0.1) is 32.9 Å². The van der Waals surface area contributed by atoms with Gasteiger partial charge < -0.3 is 35.0 Å². The van der Waals surface area contributed by atoms with Crippen molar-refractivity contribution in [2.45, 2.75) is 44.6 Å². The number of rotatable bonds is 9. The van der Waals surface area contributed by atoms with Crippen LogP contribution in [-0.4, -0.2) is 113 Å². The van der Waals surface area contributed by atoms with Crippen LogP contribution < -0.4 is 20.1 Å². The van der Waals surface area contributed by atoms with Crippen LogP contribution in [-0.2, 0) is 35.3 Å². The van der Waals surface area contributed by atoms with E-state index in [1.807, 2.05) is 29.2 Å². The first-order valence-corrected chi connectivity index (χ1v) is 23.2. The second kappa shape index (κ2) is 16.5. The average molecular weight is 909 g/mol. The van der Waals surface area contributed by atoms with E-state index in [9.17, 15) is 14.7 Å². The summed E-state index contributed by atoms with van der Waals surface area (Å²) in [6, 6.07) is 8.16. The molecule has 3 aliphatic rings. The molecule has 1 fully saturated rings. The molecule has 2 atom stereocenters. The Kier molecular flexibility index (Phi) is 10.7. The van der Waals surface area contributed by atoms with Crippen molar-refractivity contribution >= 4 is 121 Å². The number of thiophene rings is 2. The second-order valence-electron chi connectivity index (χ2n) is 15.7. The number of ether oxygens (including phenoxy) is 2. The van der Waals surface area contributed by atoms with Crippen LogP contribution in [0.3, 0.4) is 0 Å². The number of carbonyl (C=O) groups excluding carboxylic acids is 1. The van der Waals surface area contributed by atoms with Gasteiger partial charge in [-0.25, -0.2) is 19.9 Å². The average Bonchev–Trinajstić information content (AvgIpc) is 4.07. The number of carbonyl (C=O) groups is 2. The lowest BCUT2D eigenvalue weighted by atomic mass is 9.86. The molecular formula is C41H40N12O5S4. The highest BCUT2D eigenvalue weighted by Gasteiger charge is 2.38. The summed E-state index contributed by atoms with van der Waals surface area (Å²) in [6.07, 6.45) is 7.50. The maximum atomic E-state index is 13.1. The minimum Gasteiger partial charge on any atom is -0.494 e. The van der Waals surface area contributed by atoms with Crippen LogP contribution in [0.4, 0.5) is 23.0 Å². The Balaban J connectivity index is 0.000000151. The summed E-state index contributed by atoms with van der Waals surface area (Å²) >= 11 is 5.91.